The number of nitrogens with one attached hydrogen (secondary N) is 2. The summed E-state index contributed by atoms with van der Waals surface area (Å²) in [5.74, 6) is 3.17. The van der Waals surface area contributed by atoms with Gasteiger partial charge in [0.2, 0.25) is 0 Å². The number of H-pyrrole nitrogens is 1. The van der Waals surface area contributed by atoms with Crippen LogP contribution < -0.4 is 10.1 Å². The molecule has 0 radical (unpaired) electrons. The molecule has 2 saturated heterocycles. The number of ether oxygens (including phenoxy) is 2. The summed E-state index contributed by atoms with van der Waals surface area (Å²) in [5.41, 5.74) is 1.26. The molecule has 2 fully saturated rings. The standard InChI is InChI=1S/C20H28N6O2/c1-3-21-19(26-10-8-20(13-26)9-11-28-14-20)22-12-17-23-18(25-24-17)15-4-6-16(27-2)7-5-15/h4-7H,3,8-14H2,1-2H3,(H,21,22)(H,23,24,25). The zero-order chi connectivity index (χ0) is 19.4. The van der Waals surface area contributed by atoms with Gasteiger partial charge in [-0.25, -0.2) is 9.98 Å². The average Bonchev–Trinajstić information content (AvgIpc) is 3.48. The fraction of sp³-hybridized carbons (Fsp3) is 0.550. The Morgan fingerprint density at radius 3 is 2.93 bits per heavy atom. The summed E-state index contributed by atoms with van der Waals surface area (Å²) in [4.78, 5) is 11.7. The average molecular weight is 384 g/mol. The van der Waals surface area contributed by atoms with Crippen LogP contribution in [0.2, 0.25) is 0 Å². The number of guanidine groups is 1. The molecule has 8 heteroatoms. The molecule has 150 valence electrons. The minimum Gasteiger partial charge on any atom is -0.497 e. The van der Waals surface area contributed by atoms with Crippen molar-refractivity contribution in [1.29, 1.82) is 0 Å². The Kier molecular flexibility index (Phi) is 5.47. The predicted molar refractivity (Wildman–Crippen MR) is 107 cm³/mol. The largest absolute Gasteiger partial charge is 0.497 e. The van der Waals surface area contributed by atoms with Gasteiger partial charge in [0.05, 0.1) is 13.7 Å². The van der Waals surface area contributed by atoms with Gasteiger partial charge in [0, 0.05) is 37.2 Å². The fourth-order valence-corrected chi connectivity index (χ4v) is 3.90. The molecule has 2 aromatic rings. The van der Waals surface area contributed by atoms with Crippen LogP contribution in [0, 0.1) is 5.41 Å². The smallest absolute Gasteiger partial charge is 0.194 e. The summed E-state index contributed by atoms with van der Waals surface area (Å²) in [5, 5.41) is 10.7. The number of aromatic amines is 1. The van der Waals surface area contributed by atoms with Gasteiger partial charge in [0.25, 0.3) is 0 Å². The summed E-state index contributed by atoms with van der Waals surface area (Å²) in [6.07, 6.45) is 2.32. The van der Waals surface area contributed by atoms with E-state index in [-0.39, 0.29) is 0 Å². The molecule has 0 bridgehead atoms. The molecule has 1 unspecified atom stereocenters. The summed E-state index contributed by atoms with van der Waals surface area (Å²) in [6.45, 7) is 7.17. The molecular formula is C20H28N6O2. The van der Waals surface area contributed by atoms with Crippen molar-refractivity contribution in [2.24, 2.45) is 10.4 Å². The van der Waals surface area contributed by atoms with Crippen molar-refractivity contribution >= 4 is 5.96 Å². The summed E-state index contributed by atoms with van der Waals surface area (Å²) in [7, 11) is 1.65. The molecule has 3 heterocycles. The van der Waals surface area contributed by atoms with Gasteiger partial charge in [-0.15, -0.1) is 0 Å². The number of aliphatic imine (C=N–C) groups is 1. The van der Waals surface area contributed by atoms with E-state index in [9.17, 15) is 0 Å². The van der Waals surface area contributed by atoms with Crippen LogP contribution in [0.4, 0.5) is 0 Å². The molecule has 0 saturated carbocycles. The molecule has 1 spiro atoms. The maximum absolute atomic E-state index is 5.64. The Balaban J connectivity index is 1.43. The molecule has 8 nitrogen and oxygen atoms in total. The van der Waals surface area contributed by atoms with E-state index < -0.39 is 0 Å². The van der Waals surface area contributed by atoms with Crippen LogP contribution in [0.15, 0.2) is 29.3 Å². The molecule has 1 aromatic heterocycles. The van der Waals surface area contributed by atoms with E-state index in [1.807, 2.05) is 24.3 Å². The number of nitrogens with zero attached hydrogens (tertiary/aromatic N) is 4. The van der Waals surface area contributed by atoms with Crippen molar-refractivity contribution in [1.82, 2.24) is 25.4 Å². The Hall–Kier alpha value is -2.61. The predicted octanol–water partition coefficient (Wildman–Crippen LogP) is 2.06. The maximum atomic E-state index is 5.64. The van der Waals surface area contributed by atoms with Crippen molar-refractivity contribution in [2.75, 3.05) is 40.0 Å². The monoisotopic (exact) mass is 384 g/mol. The maximum Gasteiger partial charge on any atom is 0.194 e. The zero-order valence-electron chi connectivity index (χ0n) is 16.6. The lowest BCUT2D eigenvalue weighted by Crippen LogP contribution is -2.41. The van der Waals surface area contributed by atoms with Gasteiger partial charge in [-0.3, -0.25) is 5.10 Å². The molecular weight excluding hydrogens is 356 g/mol. The van der Waals surface area contributed by atoms with E-state index in [0.717, 1.165) is 62.4 Å². The highest BCUT2D eigenvalue weighted by Crippen LogP contribution is 2.38. The van der Waals surface area contributed by atoms with Gasteiger partial charge < -0.3 is 19.7 Å². The van der Waals surface area contributed by atoms with Gasteiger partial charge in [0.1, 0.15) is 18.1 Å². The second-order valence-corrected chi connectivity index (χ2v) is 7.48. The number of benzene rings is 1. The van der Waals surface area contributed by atoms with Crippen molar-refractivity contribution in [3.63, 3.8) is 0 Å². The van der Waals surface area contributed by atoms with Gasteiger partial charge in [-0.1, -0.05) is 0 Å². The highest BCUT2D eigenvalue weighted by molar-refractivity contribution is 5.80. The quantitative estimate of drug-likeness (QED) is 0.606. The van der Waals surface area contributed by atoms with Gasteiger partial charge in [-0.05, 0) is 44.0 Å². The Bertz CT molecular complexity index is 810. The highest BCUT2D eigenvalue weighted by Gasteiger charge is 2.42. The number of methoxy groups -OCH3 is 1. The molecule has 2 aliphatic heterocycles. The van der Waals surface area contributed by atoms with Crippen LogP contribution in [0.3, 0.4) is 0 Å². The summed E-state index contributed by atoms with van der Waals surface area (Å²) in [6, 6.07) is 7.71. The number of aromatic nitrogens is 3. The Labute approximate surface area is 165 Å². The minimum atomic E-state index is 0.309. The van der Waals surface area contributed by atoms with E-state index in [1.54, 1.807) is 7.11 Å². The van der Waals surface area contributed by atoms with Gasteiger partial charge >= 0.3 is 0 Å². The van der Waals surface area contributed by atoms with Crippen molar-refractivity contribution < 1.29 is 9.47 Å². The summed E-state index contributed by atoms with van der Waals surface area (Å²) >= 11 is 0. The third-order valence-corrected chi connectivity index (χ3v) is 5.52. The molecule has 2 aliphatic rings. The lowest BCUT2D eigenvalue weighted by atomic mass is 9.87. The van der Waals surface area contributed by atoms with Crippen LogP contribution in [-0.4, -0.2) is 66.0 Å². The molecule has 2 N–H and O–H groups in total. The first-order valence-corrected chi connectivity index (χ1v) is 9.88. The van der Waals surface area contributed by atoms with E-state index in [4.69, 9.17) is 14.5 Å². The molecule has 1 atom stereocenters. The van der Waals surface area contributed by atoms with Crippen molar-refractivity contribution in [2.45, 2.75) is 26.3 Å². The zero-order valence-corrected chi connectivity index (χ0v) is 16.6. The molecule has 1 aromatic carbocycles. The third-order valence-electron chi connectivity index (χ3n) is 5.52. The van der Waals surface area contributed by atoms with Crippen molar-refractivity contribution in [3.05, 3.63) is 30.1 Å². The van der Waals surface area contributed by atoms with E-state index in [1.165, 1.54) is 6.42 Å². The molecule has 0 amide bonds. The second kappa shape index (κ2) is 8.18. The van der Waals surface area contributed by atoms with Gasteiger partial charge in [0.15, 0.2) is 11.8 Å². The van der Waals surface area contributed by atoms with E-state index in [2.05, 4.69) is 32.3 Å². The van der Waals surface area contributed by atoms with Gasteiger partial charge in [-0.2, -0.15) is 5.10 Å². The van der Waals surface area contributed by atoms with Crippen LogP contribution in [0.1, 0.15) is 25.6 Å². The lowest BCUT2D eigenvalue weighted by molar-refractivity contribution is 0.156. The van der Waals surface area contributed by atoms with Crippen LogP contribution >= 0.6 is 0 Å². The molecule has 0 aliphatic carbocycles. The van der Waals surface area contributed by atoms with Crippen LogP contribution in [0.25, 0.3) is 11.4 Å². The first-order chi connectivity index (χ1) is 13.7. The second-order valence-electron chi connectivity index (χ2n) is 7.48. The van der Waals surface area contributed by atoms with E-state index in [0.29, 0.717) is 17.8 Å². The molecule has 28 heavy (non-hydrogen) atoms. The number of hydrogen-bond donors (Lipinski definition) is 2. The Morgan fingerprint density at radius 2 is 2.21 bits per heavy atom. The highest BCUT2D eigenvalue weighted by atomic mass is 16.5. The minimum absolute atomic E-state index is 0.309. The lowest BCUT2D eigenvalue weighted by Gasteiger charge is -2.24. The first kappa shape index (κ1) is 18.7. The molecule has 4 rings (SSSR count). The Morgan fingerprint density at radius 1 is 1.36 bits per heavy atom. The number of hydrogen-bond acceptors (Lipinski definition) is 5. The number of likely N-dealkylation sites (tertiary alicyclic amines) is 1. The third kappa shape index (κ3) is 3.96. The number of rotatable bonds is 5. The van der Waals surface area contributed by atoms with Crippen LogP contribution in [0.5, 0.6) is 5.75 Å². The summed E-state index contributed by atoms with van der Waals surface area (Å²) < 4.78 is 10.8. The normalized spacial score (nSPS) is 22.2. The topological polar surface area (TPSA) is 87.7 Å². The SMILES string of the molecule is CCNC(=NCc1nc(-c2ccc(OC)cc2)n[nH]1)N1CCC2(CCOC2)C1. The fourth-order valence-electron chi connectivity index (χ4n) is 3.90. The van der Waals surface area contributed by atoms with E-state index >= 15 is 0 Å². The first-order valence-electron chi connectivity index (χ1n) is 9.88. The van der Waals surface area contributed by atoms with Crippen molar-refractivity contribution in [3.8, 4) is 17.1 Å². The van der Waals surface area contributed by atoms with Crippen LogP contribution in [-0.2, 0) is 11.3 Å².